The first-order valence-corrected chi connectivity index (χ1v) is 4.74. The second kappa shape index (κ2) is 2.77. The SMILES string of the molecule is Cn1cc(N)cc1C(=O)NC1(C)CC1. The fraction of sp³-hybridized carbons (Fsp3) is 0.500. The summed E-state index contributed by atoms with van der Waals surface area (Å²) >= 11 is 0. The molecule has 14 heavy (non-hydrogen) atoms. The van der Waals surface area contributed by atoms with Gasteiger partial charge >= 0.3 is 0 Å². The van der Waals surface area contributed by atoms with Crippen molar-refractivity contribution >= 4 is 11.6 Å². The van der Waals surface area contributed by atoms with Gasteiger partial charge in [0.2, 0.25) is 0 Å². The summed E-state index contributed by atoms with van der Waals surface area (Å²) in [6.07, 6.45) is 3.88. The van der Waals surface area contributed by atoms with E-state index in [0.717, 1.165) is 12.8 Å². The van der Waals surface area contributed by atoms with Crippen LogP contribution in [0.4, 0.5) is 5.69 Å². The number of carbonyl (C=O) groups is 1. The highest BCUT2D eigenvalue weighted by Gasteiger charge is 2.39. The Bertz CT molecular complexity index is 377. The van der Waals surface area contributed by atoms with Gasteiger partial charge in [-0.3, -0.25) is 4.79 Å². The first-order valence-electron chi connectivity index (χ1n) is 4.74. The van der Waals surface area contributed by atoms with Crippen molar-refractivity contribution in [2.24, 2.45) is 7.05 Å². The molecule has 0 aliphatic heterocycles. The van der Waals surface area contributed by atoms with E-state index < -0.39 is 0 Å². The molecule has 1 fully saturated rings. The van der Waals surface area contributed by atoms with Crippen LogP contribution < -0.4 is 11.1 Å². The highest BCUT2D eigenvalue weighted by atomic mass is 16.2. The van der Waals surface area contributed by atoms with Crippen molar-refractivity contribution in [3.05, 3.63) is 18.0 Å². The molecular formula is C10H15N3O. The van der Waals surface area contributed by atoms with Gasteiger partial charge in [-0.2, -0.15) is 0 Å². The quantitative estimate of drug-likeness (QED) is 0.732. The molecule has 0 unspecified atom stereocenters. The number of hydrogen-bond donors (Lipinski definition) is 2. The van der Waals surface area contributed by atoms with Gasteiger partial charge in [0.05, 0.1) is 5.69 Å². The third-order valence-electron chi connectivity index (χ3n) is 2.67. The molecule has 1 aromatic heterocycles. The number of aromatic nitrogens is 1. The number of amides is 1. The van der Waals surface area contributed by atoms with Crippen molar-refractivity contribution in [1.29, 1.82) is 0 Å². The zero-order valence-electron chi connectivity index (χ0n) is 8.50. The van der Waals surface area contributed by atoms with Gasteiger partial charge in [-0.15, -0.1) is 0 Å². The van der Waals surface area contributed by atoms with Crippen molar-refractivity contribution in [3.63, 3.8) is 0 Å². The van der Waals surface area contributed by atoms with Crippen LogP contribution >= 0.6 is 0 Å². The molecule has 1 aliphatic carbocycles. The van der Waals surface area contributed by atoms with Gasteiger partial charge in [0.15, 0.2) is 0 Å². The summed E-state index contributed by atoms with van der Waals surface area (Å²) in [6, 6.07) is 1.70. The van der Waals surface area contributed by atoms with Crippen LogP contribution in [0.2, 0.25) is 0 Å². The van der Waals surface area contributed by atoms with Gasteiger partial charge in [0.25, 0.3) is 5.91 Å². The summed E-state index contributed by atoms with van der Waals surface area (Å²) < 4.78 is 1.75. The minimum absolute atomic E-state index is 0.0239. The molecule has 4 nitrogen and oxygen atoms in total. The third kappa shape index (κ3) is 1.60. The molecule has 0 atom stereocenters. The Morgan fingerprint density at radius 3 is 2.71 bits per heavy atom. The Morgan fingerprint density at radius 2 is 2.29 bits per heavy atom. The van der Waals surface area contributed by atoms with E-state index in [2.05, 4.69) is 12.2 Å². The molecule has 3 N–H and O–H groups in total. The zero-order valence-corrected chi connectivity index (χ0v) is 8.50. The molecule has 1 heterocycles. The first kappa shape index (κ1) is 9.12. The largest absolute Gasteiger partial charge is 0.397 e. The average molecular weight is 193 g/mol. The molecule has 1 saturated carbocycles. The molecule has 0 saturated heterocycles. The Labute approximate surface area is 83.1 Å². The van der Waals surface area contributed by atoms with Gasteiger partial charge in [0.1, 0.15) is 5.69 Å². The highest BCUT2D eigenvalue weighted by molar-refractivity contribution is 5.94. The number of anilines is 1. The number of aryl methyl sites for hydroxylation is 1. The Kier molecular flexibility index (Phi) is 1.80. The Balaban J connectivity index is 2.14. The molecule has 0 spiro atoms. The number of nitrogens with two attached hydrogens (primary N) is 1. The van der Waals surface area contributed by atoms with Gasteiger partial charge in [-0.1, -0.05) is 0 Å². The van der Waals surface area contributed by atoms with E-state index >= 15 is 0 Å². The monoisotopic (exact) mass is 193 g/mol. The Hall–Kier alpha value is -1.45. The number of nitrogens with zero attached hydrogens (tertiary/aromatic N) is 1. The lowest BCUT2D eigenvalue weighted by Gasteiger charge is -2.11. The molecule has 1 aromatic rings. The second-order valence-electron chi connectivity index (χ2n) is 4.28. The van der Waals surface area contributed by atoms with E-state index in [9.17, 15) is 4.79 Å². The zero-order chi connectivity index (χ0) is 10.3. The van der Waals surface area contributed by atoms with Crippen molar-refractivity contribution < 1.29 is 4.79 Å². The molecule has 0 aromatic carbocycles. The van der Waals surface area contributed by atoms with Crippen LogP contribution in [0.15, 0.2) is 12.3 Å². The number of nitrogen functional groups attached to an aromatic ring is 1. The maximum absolute atomic E-state index is 11.7. The molecule has 76 valence electrons. The highest BCUT2D eigenvalue weighted by Crippen LogP contribution is 2.34. The summed E-state index contributed by atoms with van der Waals surface area (Å²) in [5, 5.41) is 2.99. The number of rotatable bonds is 2. The summed E-state index contributed by atoms with van der Waals surface area (Å²) in [7, 11) is 1.82. The van der Waals surface area contributed by atoms with Crippen LogP contribution in [0, 0.1) is 0 Å². The summed E-state index contributed by atoms with van der Waals surface area (Å²) in [4.78, 5) is 11.7. The lowest BCUT2D eigenvalue weighted by atomic mass is 10.3. The van der Waals surface area contributed by atoms with Crippen molar-refractivity contribution in [2.45, 2.75) is 25.3 Å². The molecule has 0 bridgehead atoms. The maximum atomic E-state index is 11.7. The minimum atomic E-state index is -0.0378. The smallest absolute Gasteiger partial charge is 0.268 e. The average Bonchev–Trinajstić information content (AvgIpc) is 2.68. The standard InChI is InChI=1S/C10H15N3O/c1-10(3-4-10)12-9(14)8-5-7(11)6-13(8)2/h5-6H,3-4,11H2,1-2H3,(H,12,14). The van der Waals surface area contributed by atoms with E-state index in [-0.39, 0.29) is 11.4 Å². The van der Waals surface area contributed by atoms with Crippen LogP contribution in [-0.2, 0) is 7.05 Å². The molecule has 1 amide bonds. The predicted octanol–water partition coefficient (Wildman–Crippen LogP) is 0.890. The van der Waals surface area contributed by atoms with Crippen LogP contribution in [0.1, 0.15) is 30.3 Å². The van der Waals surface area contributed by atoms with Crippen molar-refractivity contribution in [2.75, 3.05) is 5.73 Å². The van der Waals surface area contributed by atoms with Crippen molar-refractivity contribution in [3.8, 4) is 0 Å². The first-order chi connectivity index (χ1) is 6.50. The Morgan fingerprint density at radius 1 is 1.64 bits per heavy atom. The van der Waals surface area contributed by atoms with Crippen LogP contribution in [0.25, 0.3) is 0 Å². The summed E-state index contributed by atoms with van der Waals surface area (Å²) in [6.45, 7) is 2.05. The molecule has 4 heteroatoms. The lowest BCUT2D eigenvalue weighted by molar-refractivity contribution is 0.0927. The predicted molar refractivity (Wildman–Crippen MR) is 54.9 cm³/mol. The van der Waals surface area contributed by atoms with Gasteiger partial charge in [-0.05, 0) is 25.8 Å². The van der Waals surface area contributed by atoms with Gasteiger partial charge in [-0.25, -0.2) is 0 Å². The second-order valence-corrected chi connectivity index (χ2v) is 4.28. The van der Waals surface area contributed by atoms with Crippen molar-refractivity contribution in [1.82, 2.24) is 9.88 Å². The number of nitrogens with one attached hydrogen (secondary N) is 1. The topological polar surface area (TPSA) is 60.0 Å². The normalized spacial score (nSPS) is 17.9. The van der Waals surface area contributed by atoms with Crippen LogP contribution in [0.5, 0.6) is 0 Å². The fourth-order valence-electron chi connectivity index (χ4n) is 1.47. The van der Waals surface area contributed by atoms with E-state index in [1.165, 1.54) is 0 Å². The maximum Gasteiger partial charge on any atom is 0.268 e. The summed E-state index contributed by atoms with van der Waals surface area (Å²) in [5.41, 5.74) is 6.86. The third-order valence-corrected chi connectivity index (χ3v) is 2.67. The molecule has 0 radical (unpaired) electrons. The van der Waals surface area contributed by atoms with E-state index in [1.807, 2.05) is 7.05 Å². The lowest BCUT2D eigenvalue weighted by Crippen LogP contribution is -2.35. The van der Waals surface area contributed by atoms with Gasteiger partial charge < -0.3 is 15.6 Å². The molecular weight excluding hydrogens is 178 g/mol. The van der Waals surface area contributed by atoms with Gasteiger partial charge in [0, 0.05) is 18.8 Å². The molecule has 2 rings (SSSR count). The molecule has 1 aliphatic rings. The summed E-state index contributed by atoms with van der Waals surface area (Å²) in [5.74, 6) is -0.0378. The van der Waals surface area contributed by atoms with Crippen LogP contribution in [-0.4, -0.2) is 16.0 Å². The number of carbonyl (C=O) groups excluding carboxylic acids is 1. The fourth-order valence-corrected chi connectivity index (χ4v) is 1.47. The van der Waals surface area contributed by atoms with E-state index in [0.29, 0.717) is 11.4 Å². The number of hydrogen-bond acceptors (Lipinski definition) is 2. The van der Waals surface area contributed by atoms with Crippen LogP contribution in [0.3, 0.4) is 0 Å². The van der Waals surface area contributed by atoms with E-state index in [1.54, 1.807) is 16.8 Å². The minimum Gasteiger partial charge on any atom is -0.397 e. The van der Waals surface area contributed by atoms with E-state index in [4.69, 9.17) is 5.73 Å².